The summed E-state index contributed by atoms with van der Waals surface area (Å²) in [6.07, 6.45) is 4.73. The number of aromatic nitrogens is 1. The summed E-state index contributed by atoms with van der Waals surface area (Å²) in [6.45, 7) is 3.54. The van der Waals surface area contributed by atoms with Gasteiger partial charge in [0.25, 0.3) is 5.91 Å². The molecule has 1 amide bonds. The van der Waals surface area contributed by atoms with Crippen LogP contribution in [0.5, 0.6) is 0 Å². The Labute approximate surface area is 118 Å². The molecule has 5 heteroatoms. The summed E-state index contributed by atoms with van der Waals surface area (Å²) < 4.78 is 0. The van der Waals surface area contributed by atoms with Crippen molar-refractivity contribution in [1.29, 1.82) is 0 Å². The molecule has 2 atom stereocenters. The summed E-state index contributed by atoms with van der Waals surface area (Å²) in [4.78, 5) is 27.8. The zero-order valence-electron chi connectivity index (χ0n) is 11.8. The maximum atomic E-state index is 12.2. The van der Waals surface area contributed by atoms with Crippen molar-refractivity contribution >= 4 is 11.9 Å². The second-order valence-corrected chi connectivity index (χ2v) is 5.68. The number of nitrogens with one attached hydrogen (secondary N) is 1. The van der Waals surface area contributed by atoms with Gasteiger partial charge < -0.3 is 10.4 Å². The first kappa shape index (κ1) is 14.5. The standard InChI is InChI=1S/C15H20N2O3/c1-10-9-11(6-8-16-10)13(18)17-12-5-3-4-7-15(12,2)14(19)20/h6,8-9,12H,3-5,7H2,1-2H3,(H,17,18)(H,19,20). The number of carboxylic acids is 1. The number of pyridine rings is 1. The van der Waals surface area contributed by atoms with Crippen LogP contribution in [0.2, 0.25) is 0 Å². The van der Waals surface area contributed by atoms with Gasteiger partial charge in [0, 0.05) is 23.5 Å². The van der Waals surface area contributed by atoms with Crippen molar-refractivity contribution in [2.75, 3.05) is 0 Å². The molecule has 2 N–H and O–H groups in total. The second kappa shape index (κ2) is 5.61. The van der Waals surface area contributed by atoms with Crippen LogP contribution in [0.4, 0.5) is 0 Å². The average molecular weight is 276 g/mol. The zero-order chi connectivity index (χ0) is 14.8. The predicted octanol–water partition coefficient (Wildman–Crippen LogP) is 2.15. The van der Waals surface area contributed by atoms with Gasteiger partial charge in [0.1, 0.15) is 0 Å². The Bertz CT molecular complexity index is 530. The lowest BCUT2D eigenvalue weighted by atomic mass is 9.71. The van der Waals surface area contributed by atoms with Gasteiger partial charge in [0.2, 0.25) is 0 Å². The number of amides is 1. The smallest absolute Gasteiger partial charge is 0.311 e. The number of hydrogen-bond acceptors (Lipinski definition) is 3. The van der Waals surface area contributed by atoms with Crippen LogP contribution in [0.3, 0.4) is 0 Å². The number of nitrogens with zero attached hydrogens (tertiary/aromatic N) is 1. The van der Waals surface area contributed by atoms with Gasteiger partial charge in [-0.3, -0.25) is 14.6 Å². The van der Waals surface area contributed by atoms with Gasteiger partial charge in [-0.25, -0.2) is 0 Å². The van der Waals surface area contributed by atoms with Crippen LogP contribution in [0.15, 0.2) is 18.3 Å². The van der Waals surface area contributed by atoms with E-state index in [4.69, 9.17) is 0 Å². The molecule has 1 saturated carbocycles. The maximum absolute atomic E-state index is 12.2. The first-order valence-corrected chi connectivity index (χ1v) is 6.90. The van der Waals surface area contributed by atoms with Crippen molar-refractivity contribution in [3.05, 3.63) is 29.6 Å². The van der Waals surface area contributed by atoms with Crippen LogP contribution in [-0.2, 0) is 4.79 Å². The molecule has 1 fully saturated rings. The third-order valence-electron chi connectivity index (χ3n) is 4.16. The predicted molar refractivity (Wildman–Crippen MR) is 74.4 cm³/mol. The molecule has 0 spiro atoms. The van der Waals surface area contributed by atoms with Crippen molar-refractivity contribution in [3.8, 4) is 0 Å². The minimum atomic E-state index is -0.879. The highest BCUT2D eigenvalue weighted by atomic mass is 16.4. The van der Waals surface area contributed by atoms with Crippen LogP contribution in [0.1, 0.15) is 48.7 Å². The molecular weight excluding hydrogens is 256 g/mol. The lowest BCUT2D eigenvalue weighted by Gasteiger charge is -2.38. The van der Waals surface area contributed by atoms with Gasteiger partial charge in [-0.2, -0.15) is 0 Å². The summed E-state index contributed by atoms with van der Waals surface area (Å²) >= 11 is 0. The number of carboxylic acid groups (broad SMARTS) is 1. The maximum Gasteiger partial charge on any atom is 0.311 e. The molecule has 1 aliphatic rings. The fraction of sp³-hybridized carbons (Fsp3) is 0.533. The highest BCUT2D eigenvalue weighted by Crippen LogP contribution is 2.36. The molecule has 1 aromatic rings. The van der Waals surface area contributed by atoms with Gasteiger partial charge in [-0.05, 0) is 38.8 Å². The number of carbonyl (C=O) groups is 2. The van der Waals surface area contributed by atoms with E-state index in [1.165, 1.54) is 0 Å². The van der Waals surface area contributed by atoms with Gasteiger partial charge in [-0.15, -0.1) is 0 Å². The van der Waals surface area contributed by atoms with Crippen molar-refractivity contribution in [1.82, 2.24) is 10.3 Å². The molecule has 5 nitrogen and oxygen atoms in total. The Kier molecular flexibility index (Phi) is 4.06. The lowest BCUT2D eigenvalue weighted by molar-refractivity contribution is -0.151. The van der Waals surface area contributed by atoms with E-state index < -0.39 is 11.4 Å². The minimum absolute atomic E-state index is 0.227. The fourth-order valence-corrected chi connectivity index (χ4v) is 2.75. The van der Waals surface area contributed by atoms with E-state index in [1.54, 1.807) is 25.3 Å². The number of aliphatic carboxylic acids is 1. The third-order valence-corrected chi connectivity index (χ3v) is 4.16. The second-order valence-electron chi connectivity index (χ2n) is 5.68. The van der Waals surface area contributed by atoms with E-state index in [0.717, 1.165) is 18.5 Å². The van der Waals surface area contributed by atoms with Crippen molar-refractivity contribution in [2.24, 2.45) is 5.41 Å². The fourth-order valence-electron chi connectivity index (χ4n) is 2.75. The van der Waals surface area contributed by atoms with Gasteiger partial charge in [0.05, 0.1) is 5.41 Å². The van der Waals surface area contributed by atoms with Crippen molar-refractivity contribution < 1.29 is 14.7 Å². The van der Waals surface area contributed by atoms with Crippen LogP contribution >= 0.6 is 0 Å². The third kappa shape index (κ3) is 2.81. The van der Waals surface area contributed by atoms with E-state index in [1.807, 2.05) is 6.92 Å². The normalized spacial score (nSPS) is 26.0. The topological polar surface area (TPSA) is 79.3 Å². The molecular formula is C15H20N2O3. The Hall–Kier alpha value is -1.91. The quantitative estimate of drug-likeness (QED) is 0.886. The number of hydrogen-bond donors (Lipinski definition) is 2. The van der Waals surface area contributed by atoms with E-state index in [0.29, 0.717) is 18.4 Å². The molecule has 0 saturated heterocycles. The minimum Gasteiger partial charge on any atom is -0.481 e. The Morgan fingerprint density at radius 1 is 1.45 bits per heavy atom. The van der Waals surface area contributed by atoms with Gasteiger partial charge in [0.15, 0.2) is 0 Å². The molecule has 0 aliphatic heterocycles. The number of aryl methyl sites for hydroxylation is 1. The monoisotopic (exact) mass is 276 g/mol. The summed E-state index contributed by atoms with van der Waals surface area (Å²) in [6, 6.07) is 3.02. The summed E-state index contributed by atoms with van der Waals surface area (Å²) in [5, 5.41) is 12.3. The number of rotatable bonds is 3. The highest BCUT2D eigenvalue weighted by molar-refractivity contribution is 5.94. The molecule has 0 radical (unpaired) electrons. The van der Waals surface area contributed by atoms with Crippen LogP contribution in [0.25, 0.3) is 0 Å². The largest absolute Gasteiger partial charge is 0.481 e. The first-order chi connectivity index (χ1) is 9.43. The molecule has 2 unspecified atom stereocenters. The molecule has 1 aliphatic carbocycles. The van der Waals surface area contributed by atoms with Crippen LogP contribution < -0.4 is 5.32 Å². The summed E-state index contributed by atoms with van der Waals surface area (Å²) in [7, 11) is 0. The molecule has 1 aromatic heterocycles. The summed E-state index contributed by atoms with van der Waals surface area (Å²) in [5.74, 6) is -1.07. The van der Waals surface area contributed by atoms with E-state index in [2.05, 4.69) is 10.3 Å². The van der Waals surface area contributed by atoms with Crippen LogP contribution in [-0.4, -0.2) is 28.0 Å². The molecule has 20 heavy (non-hydrogen) atoms. The van der Waals surface area contributed by atoms with Gasteiger partial charge >= 0.3 is 5.97 Å². The van der Waals surface area contributed by atoms with E-state index in [-0.39, 0.29) is 11.9 Å². The van der Waals surface area contributed by atoms with Crippen LogP contribution in [0, 0.1) is 12.3 Å². The average Bonchev–Trinajstić information content (AvgIpc) is 2.41. The first-order valence-electron chi connectivity index (χ1n) is 6.90. The molecule has 108 valence electrons. The molecule has 0 bridgehead atoms. The molecule has 2 rings (SSSR count). The zero-order valence-corrected chi connectivity index (χ0v) is 11.8. The highest BCUT2D eigenvalue weighted by Gasteiger charge is 2.43. The number of carbonyl (C=O) groups excluding carboxylic acids is 1. The van der Waals surface area contributed by atoms with E-state index in [9.17, 15) is 14.7 Å². The van der Waals surface area contributed by atoms with Crippen molar-refractivity contribution in [3.63, 3.8) is 0 Å². The molecule has 1 heterocycles. The Balaban J connectivity index is 2.15. The lowest BCUT2D eigenvalue weighted by Crippen LogP contribution is -2.52. The SMILES string of the molecule is Cc1cc(C(=O)NC2CCCCC2(C)C(=O)O)ccn1. The van der Waals surface area contributed by atoms with Crippen molar-refractivity contribution in [2.45, 2.75) is 45.6 Å². The molecule has 0 aromatic carbocycles. The Morgan fingerprint density at radius 2 is 2.20 bits per heavy atom. The van der Waals surface area contributed by atoms with E-state index >= 15 is 0 Å². The summed E-state index contributed by atoms with van der Waals surface area (Å²) in [5.41, 5.74) is 0.411. The van der Waals surface area contributed by atoms with Gasteiger partial charge in [-0.1, -0.05) is 12.8 Å². The Morgan fingerprint density at radius 3 is 2.85 bits per heavy atom.